The summed E-state index contributed by atoms with van der Waals surface area (Å²) in [5, 5.41) is 3.45. The summed E-state index contributed by atoms with van der Waals surface area (Å²) in [6.07, 6.45) is 1.99. The molecule has 0 unspecified atom stereocenters. The van der Waals surface area contributed by atoms with E-state index in [1.807, 2.05) is 12.1 Å². The highest BCUT2D eigenvalue weighted by atomic mass is 35.5. The Morgan fingerprint density at radius 1 is 1.31 bits per heavy atom. The third kappa shape index (κ3) is 2.12. The molecule has 0 saturated heterocycles. The Hall–Kier alpha value is -1.28. The number of anilines is 1. The lowest BCUT2D eigenvalue weighted by atomic mass is 9.91. The van der Waals surface area contributed by atoms with E-state index in [0.717, 1.165) is 16.8 Å². The van der Waals surface area contributed by atoms with Gasteiger partial charge in [0.25, 0.3) is 5.91 Å². The van der Waals surface area contributed by atoms with Crippen molar-refractivity contribution >= 4 is 28.8 Å². The van der Waals surface area contributed by atoms with E-state index in [4.69, 9.17) is 11.6 Å². The zero-order valence-corrected chi connectivity index (χ0v) is 10.4. The van der Waals surface area contributed by atoms with Crippen LogP contribution in [0.3, 0.4) is 0 Å². The number of nitrogens with one attached hydrogen (secondary N) is 1. The lowest BCUT2D eigenvalue weighted by molar-refractivity contribution is -0.110. The fourth-order valence-electron chi connectivity index (χ4n) is 1.74. The molecule has 0 spiro atoms. The van der Waals surface area contributed by atoms with Gasteiger partial charge in [-0.3, -0.25) is 4.79 Å². The molecule has 84 valence electrons. The van der Waals surface area contributed by atoms with Crippen LogP contribution in [0.25, 0.3) is 5.57 Å². The molecule has 1 aromatic carbocycles. The van der Waals surface area contributed by atoms with Crippen LogP contribution in [0, 0.1) is 5.41 Å². The SMILES string of the molecule is CC(C)(C)C=C1C(=O)Nc2cc(Cl)ccc21. The normalized spacial score (nSPS) is 17.5. The van der Waals surface area contributed by atoms with E-state index in [0.29, 0.717) is 5.02 Å². The first-order valence-corrected chi connectivity index (χ1v) is 5.59. The molecule has 16 heavy (non-hydrogen) atoms. The Morgan fingerprint density at radius 3 is 2.62 bits per heavy atom. The Bertz CT molecular complexity index is 483. The van der Waals surface area contributed by atoms with Crippen LogP contribution in [-0.2, 0) is 4.79 Å². The fraction of sp³-hybridized carbons (Fsp3) is 0.308. The monoisotopic (exact) mass is 235 g/mol. The average Bonchev–Trinajstić information content (AvgIpc) is 2.40. The van der Waals surface area contributed by atoms with Crippen molar-refractivity contribution < 1.29 is 4.79 Å². The lowest BCUT2D eigenvalue weighted by Crippen LogP contribution is -2.08. The van der Waals surface area contributed by atoms with Gasteiger partial charge in [-0.2, -0.15) is 0 Å². The van der Waals surface area contributed by atoms with Crippen molar-refractivity contribution in [3.63, 3.8) is 0 Å². The average molecular weight is 236 g/mol. The number of allylic oxidation sites excluding steroid dienone is 1. The molecule has 1 aliphatic heterocycles. The molecule has 0 atom stereocenters. The molecule has 0 fully saturated rings. The van der Waals surface area contributed by atoms with Gasteiger partial charge in [0, 0.05) is 16.2 Å². The number of carbonyl (C=O) groups is 1. The van der Waals surface area contributed by atoms with Crippen molar-refractivity contribution in [2.45, 2.75) is 20.8 Å². The maximum Gasteiger partial charge on any atom is 0.256 e. The second-order valence-electron chi connectivity index (χ2n) is 5.07. The number of halogens is 1. The van der Waals surface area contributed by atoms with Crippen LogP contribution in [0.5, 0.6) is 0 Å². The van der Waals surface area contributed by atoms with E-state index in [2.05, 4.69) is 26.1 Å². The predicted octanol–water partition coefficient (Wildman–Crippen LogP) is 3.72. The Morgan fingerprint density at radius 2 is 2.00 bits per heavy atom. The molecule has 3 heteroatoms. The molecule has 1 heterocycles. The summed E-state index contributed by atoms with van der Waals surface area (Å²) in [6.45, 7) is 6.21. The highest BCUT2D eigenvalue weighted by Gasteiger charge is 2.25. The molecule has 1 amide bonds. The van der Waals surface area contributed by atoms with Crippen molar-refractivity contribution in [3.8, 4) is 0 Å². The first-order valence-electron chi connectivity index (χ1n) is 5.21. The molecule has 0 saturated carbocycles. The van der Waals surface area contributed by atoms with Crippen LogP contribution in [0.15, 0.2) is 24.3 Å². The summed E-state index contributed by atoms with van der Waals surface area (Å²) in [5.41, 5.74) is 2.45. The van der Waals surface area contributed by atoms with Gasteiger partial charge in [-0.05, 0) is 17.5 Å². The van der Waals surface area contributed by atoms with E-state index in [9.17, 15) is 4.79 Å². The van der Waals surface area contributed by atoms with E-state index in [-0.39, 0.29) is 11.3 Å². The number of hydrogen-bond donors (Lipinski definition) is 1. The number of amides is 1. The Labute approximate surface area is 100 Å². The van der Waals surface area contributed by atoms with Crippen molar-refractivity contribution in [2.75, 3.05) is 5.32 Å². The van der Waals surface area contributed by atoms with Gasteiger partial charge in [-0.1, -0.05) is 44.5 Å². The van der Waals surface area contributed by atoms with E-state index >= 15 is 0 Å². The number of rotatable bonds is 0. The molecule has 0 radical (unpaired) electrons. The quantitative estimate of drug-likeness (QED) is 0.683. The minimum Gasteiger partial charge on any atom is -0.321 e. The maximum absolute atomic E-state index is 11.8. The predicted molar refractivity (Wildman–Crippen MR) is 67.5 cm³/mol. The molecular formula is C13H14ClNO. The minimum absolute atomic E-state index is 0.0199. The van der Waals surface area contributed by atoms with Crippen molar-refractivity contribution in [3.05, 3.63) is 34.9 Å². The third-order valence-electron chi connectivity index (χ3n) is 2.34. The standard InChI is InChI=1S/C13H14ClNO/c1-13(2,3)7-10-9-5-4-8(14)6-11(9)15-12(10)16/h4-7H,1-3H3,(H,15,16). The van der Waals surface area contributed by atoms with Gasteiger partial charge in [0.05, 0.1) is 5.69 Å². The van der Waals surface area contributed by atoms with Gasteiger partial charge in [0.2, 0.25) is 0 Å². The molecule has 0 aromatic heterocycles. The Kier molecular flexibility index (Phi) is 2.55. The first kappa shape index (κ1) is 11.2. The molecule has 0 aliphatic carbocycles. The van der Waals surface area contributed by atoms with E-state index < -0.39 is 0 Å². The van der Waals surface area contributed by atoms with Gasteiger partial charge >= 0.3 is 0 Å². The van der Waals surface area contributed by atoms with Gasteiger partial charge in [-0.25, -0.2) is 0 Å². The highest BCUT2D eigenvalue weighted by molar-refractivity contribution is 6.34. The topological polar surface area (TPSA) is 29.1 Å². The van der Waals surface area contributed by atoms with Crippen LogP contribution >= 0.6 is 11.6 Å². The van der Waals surface area contributed by atoms with Gasteiger partial charge < -0.3 is 5.32 Å². The van der Waals surface area contributed by atoms with Gasteiger partial charge in [0.1, 0.15) is 0 Å². The number of carbonyl (C=O) groups excluding carboxylic acids is 1. The summed E-state index contributed by atoms with van der Waals surface area (Å²) in [4.78, 5) is 11.8. The molecule has 1 aliphatic rings. The smallest absolute Gasteiger partial charge is 0.256 e. The van der Waals surface area contributed by atoms with Crippen LogP contribution in [0.2, 0.25) is 5.02 Å². The molecule has 0 bridgehead atoms. The molecule has 1 N–H and O–H groups in total. The van der Waals surface area contributed by atoms with Crippen molar-refractivity contribution in [1.29, 1.82) is 0 Å². The second kappa shape index (κ2) is 3.63. The first-order chi connectivity index (χ1) is 7.37. The number of benzene rings is 1. The third-order valence-corrected chi connectivity index (χ3v) is 2.58. The minimum atomic E-state index is -0.0489. The van der Waals surface area contributed by atoms with E-state index in [1.54, 1.807) is 12.1 Å². The summed E-state index contributed by atoms with van der Waals surface area (Å²) >= 11 is 5.88. The van der Waals surface area contributed by atoms with Crippen LogP contribution in [-0.4, -0.2) is 5.91 Å². The lowest BCUT2D eigenvalue weighted by Gasteiger charge is -2.13. The number of fused-ring (bicyclic) bond motifs is 1. The highest BCUT2D eigenvalue weighted by Crippen LogP contribution is 2.36. The fourth-order valence-corrected chi connectivity index (χ4v) is 1.92. The van der Waals surface area contributed by atoms with Gasteiger partial charge in [-0.15, -0.1) is 0 Å². The summed E-state index contributed by atoms with van der Waals surface area (Å²) in [6, 6.07) is 5.46. The number of hydrogen-bond acceptors (Lipinski definition) is 1. The zero-order chi connectivity index (χ0) is 11.9. The Balaban J connectivity index is 2.53. The summed E-state index contributed by atoms with van der Waals surface area (Å²) < 4.78 is 0. The van der Waals surface area contributed by atoms with Crippen molar-refractivity contribution in [1.82, 2.24) is 0 Å². The molecule has 2 rings (SSSR count). The summed E-state index contributed by atoms with van der Waals surface area (Å²) in [5.74, 6) is -0.0489. The van der Waals surface area contributed by atoms with Crippen molar-refractivity contribution in [2.24, 2.45) is 5.41 Å². The summed E-state index contributed by atoms with van der Waals surface area (Å²) in [7, 11) is 0. The maximum atomic E-state index is 11.8. The zero-order valence-electron chi connectivity index (χ0n) is 9.60. The largest absolute Gasteiger partial charge is 0.321 e. The molecular weight excluding hydrogens is 222 g/mol. The van der Waals surface area contributed by atoms with Crippen LogP contribution in [0.4, 0.5) is 5.69 Å². The van der Waals surface area contributed by atoms with E-state index in [1.165, 1.54) is 0 Å². The second-order valence-corrected chi connectivity index (χ2v) is 5.50. The molecule has 2 nitrogen and oxygen atoms in total. The molecule has 1 aromatic rings. The van der Waals surface area contributed by atoms with Crippen LogP contribution in [0.1, 0.15) is 26.3 Å². The van der Waals surface area contributed by atoms with Gasteiger partial charge in [0.15, 0.2) is 0 Å². The van der Waals surface area contributed by atoms with Crippen LogP contribution < -0.4 is 5.32 Å².